The van der Waals surface area contributed by atoms with Crippen molar-refractivity contribution < 1.29 is 19.5 Å². The van der Waals surface area contributed by atoms with E-state index < -0.39 is 12.0 Å². The number of carbonyl (C=O) groups excluding carboxylic acids is 2. The largest absolute Gasteiger partial charge is 0.481 e. The Hall–Kier alpha value is -2.08. The first-order valence-electron chi connectivity index (χ1n) is 7.91. The minimum absolute atomic E-state index is 0.00852. The van der Waals surface area contributed by atoms with Gasteiger partial charge in [-0.15, -0.1) is 0 Å². The van der Waals surface area contributed by atoms with E-state index >= 15 is 0 Å². The van der Waals surface area contributed by atoms with Gasteiger partial charge in [-0.1, -0.05) is 31.9 Å². The van der Waals surface area contributed by atoms with Crippen LogP contribution in [0.1, 0.15) is 43.5 Å². The van der Waals surface area contributed by atoms with E-state index in [4.69, 9.17) is 16.7 Å². The van der Waals surface area contributed by atoms with Crippen molar-refractivity contribution in [3.8, 4) is 0 Å². The second-order valence-corrected chi connectivity index (χ2v) is 6.07. The molecule has 0 bridgehead atoms. The summed E-state index contributed by atoms with van der Waals surface area (Å²) < 4.78 is 0. The van der Waals surface area contributed by atoms with Gasteiger partial charge in [-0.05, 0) is 36.6 Å². The lowest BCUT2D eigenvalue weighted by molar-refractivity contribution is -0.137. The fourth-order valence-electron chi connectivity index (χ4n) is 2.09. The molecule has 0 aliphatic heterocycles. The van der Waals surface area contributed by atoms with Gasteiger partial charge in [0.05, 0.1) is 0 Å². The monoisotopic (exact) mass is 354 g/mol. The van der Waals surface area contributed by atoms with Gasteiger partial charge in [-0.25, -0.2) is 0 Å². The van der Waals surface area contributed by atoms with Crippen LogP contribution >= 0.6 is 11.6 Å². The van der Waals surface area contributed by atoms with Gasteiger partial charge in [0.2, 0.25) is 5.91 Å². The fourth-order valence-corrected chi connectivity index (χ4v) is 2.21. The van der Waals surface area contributed by atoms with Crippen molar-refractivity contribution in [2.24, 2.45) is 5.92 Å². The standard InChI is InChI=1S/C17H23ClN2O4/c1-3-11(2)15(17(24)19-10-4-5-14(21)22)20-16(23)12-6-8-13(18)9-7-12/h6-9,11,15H,3-5,10H2,1-2H3,(H,19,24)(H,20,23)(H,21,22). The molecule has 1 rings (SSSR count). The molecule has 1 aromatic carbocycles. The SMILES string of the molecule is CCC(C)C(NC(=O)c1ccc(Cl)cc1)C(=O)NCCCC(=O)O. The molecule has 2 amide bonds. The Morgan fingerprint density at radius 1 is 1.21 bits per heavy atom. The molecule has 2 atom stereocenters. The molecule has 0 aromatic heterocycles. The zero-order valence-electron chi connectivity index (χ0n) is 13.8. The van der Waals surface area contributed by atoms with E-state index in [1.54, 1.807) is 24.3 Å². The van der Waals surface area contributed by atoms with E-state index in [0.717, 1.165) is 0 Å². The fraction of sp³-hybridized carbons (Fsp3) is 0.471. The van der Waals surface area contributed by atoms with Crippen LogP contribution < -0.4 is 10.6 Å². The van der Waals surface area contributed by atoms with Crippen LogP contribution in [0.15, 0.2) is 24.3 Å². The van der Waals surface area contributed by atoms with E-state index in [0.29, 0.717) is 23.4 Å². The average Bonchev–Trinajstić information content (AvgIpc) is 2.55. The van der Waals surface area contributed by atoms with Crippen LogP contribution in [0, 0.1) is 5.92 Å². The summed E-state index contributed by atoms with van der Waals surface area (Å²) in [5.41, 5.74) is 0.423. The van der Waals surface area contributed by atoms with Crippen LogP contribution in [0.4, 0.5) is 0 Å². The lowest BCUT2D eigenvalue weighted by Gasteiger charge is -2.23. The molecule has 2 unspecified atom stereocenters. The number of amides is 2. The second kappa shape index (κ2) is 9.93. The summed E-state index contributed by atoms with van der Waals surface area (Å²) in [7, 11) is 0. The van der Waals surface area contributed by atoms with Gasteiger partial charge in [0, 0.05) is 23.6 Å². The third kappa shape index (κ3) is 6.58. The summed E-state index contributed by atoms with van der Waals surface area (Å²) >= 11 is 5.80. The van der Waals surface area contributed by atoms with Crippen LogP contribution in [-0.4, -0.2) is 35.5 Å². The molecule has 0 aliphatic rings. The predicted molar refractivity (Wildman–Crippen MR) is 92.0 cm³/mol. The van der Waals surface area contributed by atoms with Gasteiger partial charge in [-0.2, -0.15) is 0 Å². The quantitative estimate of drug-likeness (QED) is 0.593. The van der Waals surface area contributed by atoms with Crippen molar-refractivity contribution in [1.29, 1.82) is 0 Å². The van der Waals surface area contributed by atoms with E-state index in [2.05, 4.69) is 10.6 Å². The van der Waals surface area contributed by atoms with E-state index in [9.17, 15) is 14.4 Å². The summed E-state index contributed by atoms with van der Waals surface area (Å²) in [6.07, 6.45) is 1.05. The maximum Gasteiger partial charge on any atom is 0.303 e. The number of carboxylic acids is 1. The van der Waals surface area contributed by atoms with Crippen LogP contribution in [0.5, 0.6) is 0 Å². The highest BCUT2D eigenvalue weighted by Gasteiger charge is 2.26. The molecule has 0 saturated heterocycles. The van der Waals surface area contributed by atoms with Crippen LogP contribution in [0.2, 0.25) is 5.02 Å². The third-order valence-electron chi connectivity index (χ3n) is 3.76. The van der Waals surface area contributed by atoms with Crippen molar-refractivity contribution in [3.63, 3.8) is 0 Å². The summed E-state index contributed by atoms with van der Waals surface area (Å²) in [6, 6.07) is 5.73. The maximum atomic E-state index is 12.3. The number of hydrogen-bond acceptors (Lipinski definition) is 3. The molecule has 0 heterocycles. The Labute approximate surface area is 146 Å². The van der Waals surface area contributed by atoms with Crippen molar-refractivity contribution in [1.82, 2.24) is 10.6 Å². The van der Waals surface area contributed by atoms with Gasteiger partial charge in [-0.3, -0.25) is 14.4 Å². The van der Waals surface area contributed by atoms with E-state index in [1.165, 1.54) is 0 Å². The summed E-state index contributed by atoms with van der Waals surface area (Å²) in [4.78, 5) is 35.1. The molecule has 6 nitrogen and oxygen atoms in total. The Bertz CT molecular complexity index is 574. The summed E-state index contributed by atoms with van der Waals surface area (Å²) in [5, 5.41) is 14.6. The molecular formula is C17H23ClN2O4. The molecular weight excluding hydrogens is 332 g/mol. The molecule has 132 valence electrons. The molecule has 24 heavy (non-hydrogen) atoms. The van der Waals surface area contributed by atoms with Crippen LogP contribution in [0.3, 0.4) is 0 Å². The Morgan fingerprint density at radius 2 is 1.83 bits per heavy atom. The topological polar surface area (TPSA) is 95.5 Å². The maximum absolute atomic E-state index is 12.3. The molecule has 0 radical (unpaired) electrons. The minimum atomic E-state index is -0.904. The zero-order chi connectivity index (χ0) is 18.1. The average molecular weight is 355 g/mol. The molecule has 3 N–H and O–H groups in total. The number of rotatable bonds is 9. The van der Waals surface area contributed by atoms with Crippen molar-refractivity contribution in [3.05, 3.63) is 34.9 Å². The van der Waals surface area contributed by atoms with Crippen molar-refractivity contribution in [2.75, 3.05) is 6.54 Å². The highest BCUT2D eigenvalue weighted by atomic mass is 35.5. The van der Waals surface area contributed by atoms with Gasteiger partial charge < -0.3 is 15.7 Å². The zero-order valence-corrected chi connectivity index (χ0v) is 14.6. The molecule has 1 aromatic rings. The first-order valence-corrected chi connectivity index (χ1v) is 8.28. The number of halogens is 1. The first kappa shape index (κ1) is 20.0. The van der Waals surface area contributed by atoms with E-state index in [1.807, 2.05) is 13.8 Å². The van der Waals surface area contributed by atoms with Crippen molar-refractivity contribution >= 4 is 29.4 Å². The number of hydrogen-bond donors (Lipinski definition) is 3. The third-order valence-corrected chi connectivity index (χ3v) is 4.01. The van der Waals surface area contributed by atoms with Gasteiger partial charge in [0.1, 0.15) is 6.04 Å². The smallest absolute Gasteiger partial charge is 0.303 e. The van der Waals surface area contributed by atoms with Gasteiger partial charge in [0.25, 0.3) is 5.91 Å². The summed E-state index contributed by atoms with van der Waals surface area (Å²) in [6.45, 7) is 4.07. The highest BCUT2D eigenvalue weighted by Crippen LogP contribution is 2.12. The number of carboxylic acid groups (broad SMARTS) is 1. The summed E-state index contributed by atoms with van der Waals surface area (Å²) in [5.74, 6) is -1.62. The number of aliphatic carboxylic acids is 1. The van der Waals surface area contributed by atoms with E-state index in [-0.39, 0.29) is 30.7 Å². The Balaban J connectivity index is 2.67. The van der Waals surface area contributed by atoms with Crippen molar-refractivity contribution in [2.45, 2.75) is 39.2 Å². The normalized spacial score (nSPS) is 13.0. The Kier molecular flexibility index (Phi) is 8.26. The molecule has 0 aliphatic carbocycles. The molecule has 7 heteroatoms. The van der Waals surface area contributed by atoms with Gasteiger partial charge in [0.15, 0.2) is 0 Å². The Morgan fingerprint density at radius 3 is 2.38 bits per heavy atom. The molecule has 0 saturated carbocycles. The number of nitrogens with one attached hydrogen (secondary N) is 2. The first-order chi connectivity index (χ1) is 11.3. The number of benzene rings is 1. The highest BCUT2D eigenvalue weighted by molar-refractivity contribution is 6.30. The number of carbonyl (C=O) groups is 3. The predicted octanol–water partition coefficient (Wildman–Crippen LogP) is 2.47. The van der Waals surface area contributed by atoms with Gasteiger partial charge >= 0.3 is 5.97 Å². The lowest BCUT2D eigenvalue weighted by atomic mass is 9.97. The molecule has 0 fully saturated rings. The van der Waals surface area contributed by atoms with Crippen LogP contribution in [0.25, 0.3) is 0 Å². The molecule has 0 spiro atoms. The minimum Gasteiger partial charge on any atom is -0.481 e. The second-order valence-electron chi connectivity index (χ2n) is 5.63. The van der Waals surface area contributed by atoms with Crippen LogP contribution in [-0.2, 0) is 9.59 Å². The lowest BCUT2D eigenvalue weighted by Crippen LogP contribution is -2.50.